The number of nitrogens with two attached hydrogens (primary N) is 6. The number of carbonyl (C=O) groups excluding carboxylic acids is 11. The van der Waals surface area contributed by atoms with Crippen LogP contribution in [-0.2, 0) is 88.0 Å². The van der Waals surface area contributed by atoms with Gasteiger partial charge < -0.3 is 102 Å². The van der Waals surface area contributed by atoms with Crippen molar-refractivity contribution in [2.75, 3.05) is 6.54 Å². The molecule has 0 saturated heterocycles. The quantitative estimate of drug-likeness (QED) is 0.0112. The molecule has 0 bridgehead atoms. The van der Waals surface area contributed by atoms with E-state index in [9.17, 15) is 72.5 Å². The van der Waals surface area contributed by atoms with Crippen molar-refractivity contribution >= 4 is 82.9 Å². The van der Waals surface area contributed by atoms with E-state index in [1.165, 1.54) is 37.6 Å². The van der Waals surface area contributed by atoms with Gasteiger partial charge >= 0.3 is 11.9 Å². The number of carboxylic acid groups (broad SMARTS) is 2. The molecule has 0 saturated carbocycles. The molecule has 1 aromatic carbocycles. The predicted molar refractivity (Wildman–Crippen MR) is 301 cm³/mol. The van der Waals surface area contributed by atoms with Crippen LogP contribution in [0.5, 0.6) is 0 Å². The molecule has 0 fully saturated rings. The maximum atomic E-state index is 14.6. The van der Waals surface area contributed by atoms with E-state index in [1.54, 1.807) is 30.3 Å². The maximum Gasteiger partial charge on any atom is 0.326 e. The highest BCUT2D eigenvalue weighted by atomic mass is 16.4. The van der Waals surface area contributed by atoms with Gasteiger partial charge in [-0.05, 0) is 31.2 Å². The van der Waals surface area contributed by atoms with E-state index in [2.05, 4.69) is 77.4 Å². The van der Waals surface area contributed by atoms with E-state index in [0.717, 1.165) is 0 Å². The normalized spacial score (nSPS) is 14.0. The third kappa shape index (κ3) is 24.9. The van der Waals surface area contributed by atoms with Crippen molar-refractivity contribution in [1.29, 1.82) is 0 Å². The molecule has 0 radical (unpaired) electrons. The van der Waals surface area contributed by atoms with Crippen molar-refractivity contribution < 1.29 is 72.5 Å². The first kappa shape index (κ1) is 68.7. The Hall–Kier alpha value is -10.8. The van der Waals surface area contributed by atoms with E-state index < -0.39 is 163 Å². The molecule has 4 rings (SSSR count). The average Bonchev–Trinajstić information content (AvgIpc) is 4.32. The number of hydrogen-bond acceptors (Lipinski definition) is 18. The fourth-order valence-corrected chi connectivity index (χ4v) is 8.26. The molecule has 3 heterocycles. The van der Waals surface area contributed by atoms with Gasteiger partial charge in [-0.25, -0.2) is 19.7 Å². The van der Waals surface area contributed by atoms with Crippen LogP contribution in [0.3, 0.4) is 0 Å². The molecular weight excluding hydrogens is 1150 g/mol. The van der Waals surface area contributed by atoms with Gasteiger partial charge in [0.05, 0.1) is 37.9 Å². The molecule has 0 spiro atoms. The van der Waals surface area contributed by atoms with Crippen LogP contribution in [0, 0.1) is 0 Å². The van der Waals surface area contributed by atoms with Crippen LogP contribution in [0.15, 0.2) is 72.9 Å². The number of H-pyrrole nitrogens is 3. The van der Waals surface area contributed by atoms with Crippen LogP contribution in [0.1, 0.15) is 74.0 Å². The summed E-state index contributed by atoms with van der Waals surface area (Å²) in [5.74, 6) is -15.0. The molecule has 9 atom stereocenters. The highest BCUT2D eigenvalue weighted by Crippen LogP contribution is 2.11. The minimum Gasteiger partial charge on any atom is -0.481 e. The summed E-state index contributed by atoms with van der Waals surface area (Å²) in [6.45, 7) is 0.0485. The number of carboxylic acids is 2. The topological polar surface area (TPSA) is 613 Å². The number of guanidine groups is 1. The highest BCUT2D eigenvalue weighted by molar-refractivity contribution is 6.00. The second-order valence-corrected chi connectivity index (χ2v) is 19.7. The van der Waals surface area contributed by atoms with Crippen LogP contribution in [0.4, 0.5) is 0 Å². The number of hydrogen-bond donors (Lipinski definition) is 19. The Balaban J connectivity index is 1.64. The van der Waals surface area contributed by atoms with Gasteiger partial charge in [-0.1, -0.05) is 30.3 Å². The van der Waals surface area contributed by atoms with Crippen LogP contribution >= 0.6 is 0 Å². The molecule has 3 aromatic heterocycles. The van der Waals surface area contributed by atoms with Gasteiger partial charge in [0.1, 0.15) is 48.3 Å². The smallest absolute Gasteiger partial charge is 0.326 e. The third-order valence-corrected chi connectivity index (χ3v) is 12.7. The lowest BCUT2D eigenvalue weighted by Gasteiger charge is -2.28. The summed E-state index contributed by atoms with van der Waals surface area (Å²) in [4.78, 5) is 196. The molecule has 0 aliphatic carbocycles. The first-order chi connectivity index (χ1) is 41.3. The lowest BCUT2D eigenvalue weighted by molar-refractivity contribution is -0.142. The Morgan fingerprint density at radius 3 is 1.23 bits per heavy atom. The van der Waals surface area contributed by atoms with E-state index in [1.807, 2.05) is 0 Å². The second-order valence-electron chi connectivity index (χ2n) is 19.7. The van der Waals surface area contributed by atoms with Crippen molar-refractivity contribution in [3.63, 3.8) is 0 Å². The van der Waals surface area contributed by atoms with Gasteiger partial charge in [-0.15, -0.1) is 0 Å². The molecule has 4 aromatic rings. The molecule has 470 valence electrons. The number of amides is 11. The lowest BCUT2D eigenvalue weighted by Crippen LogP contribution is -2.61. The monoisotopic (exact) mass is 1220 g/mol. The molecular formula is C51H71N21O15. The number of benzene rings is 1. The SMILES string of the molecule is NC(=O)CC[C@H](NC(=O)[C@H](CC(=O)O)NC(=O)[C@@H](N)CCC(N)=O)C(=O)N[C@@H](Cc1cnc[nH]1)C(=O)N[C@@H](CC(N)=O)C(=O)N[C@@H](Cc1cnc[nH]1)C(=O)N[C@@H](Cc1ccccc1)C(=O)N[C@@H](Cc1cnc[nH]1)C(=O)N[C@@H](CCCN=C(N)N)C(=O)O. The Bertz CT molecular complexity index is 3030. The van der Waals surface area contributed by atoms with Crippen LogP contribution in [0.2, 0.25) is 0 Å². The molecule has 36 nitrogen and oxygen atoms in total. The summed E-state index contributed by atoms with van der Waals surface area (Å²) in [5, 5.41) is 38.8. The number of nitrogens with zero attached hydrogens (tertiary/aromatic N) is 4. The summed E-state index contributed by atoms with van der Waals surface area (Å²) in [7, 11) is 0. The number of nitrogens with one attached hydrogen (secondary N) is 11. The minimum absolute atomic E-state index is 0.0485. The largest absolute Gasteiger partial charge is 0.481 e. The van der Waals surface area contributed by atoms with Crippen molar-refractivity contribution in [3.8, 4) is 0 Å². The van der Waals surface area contributed by atoms with Gasteiger partial charge in [0.25, 0.3) is 0 Å². The Morgan fingerprint density at radius 1 is 0.448 bits per heavy atom. The van der Waals surface area contributed by atoms with Crippen LogP contribution in [0.25, 0.3) is 0 Å². The zero-order valence-electron chi connectivity index (χ0n) is 46.7. The van der Waals surface area contributed by atoms with Crippen LogP contribution < -0.4 is 76.9 Å². The molecule has 36 heteroatoms. The number of aliphatic imine (C=N–C) groups is 1. The number of aliphatic carboxylic acids is 2. The fraction of sp³-hybridized carbons (Fsp3) is 0.431. The Kier molecular flexibility index (Phi) is 27.4. The third-order valence-electron chi connectivity index (χ3n) is 12.7. The number of imidazole rings is 3. The molecule has 0 unspecified atom stereocenters. The van der Waals surface area contributed by atoms with E-state index in [-0.39, 0.29) is 68.8 Å². The number of carbonyl (C=O) groups is 13. The summed E-state index contributed by atoms with van der Waals surface area (Å²) >= 11 is 0. The predicted octanol–water partition coefficient (Wildman–Crippen LogP) is -7.65. The maximum absolute atomic E-state index is 14.6. The second kappa shape index (κ2) is 34.7. The first-order valence-corrected chi connectivity index (χ1v) is 26.8. The fourth-order valence-electron chi connectivity index (χ4n) is 8.26. The highest BCUT2D eigenvalue weighted by Gasteiger charge is 2.37. The average molecular weight is 1220 g/mol. The molecule has 25 N–H and O–H groups in total. The van der Waals surface area contributed by atoms with E-state index in [0.29, 0.717) is 11.3 Å². The number of aromatic nitrogens is 6. The molecule has 87 heavy (non-hydrogen) atoms. The minimum atomic E-state index is -1.93. The number of rotatable bonds is 39. The molecule has 0 aliphatic rings. The molecule has 0 aliphatic heterocycles. The Morgan fingerprint density at radius 2 is 0.828 bits per heavy atom. The lowest BCUT2D eigenvalue weighted by atomic mass is 10.0. The summed E-state index contributed by atoms with van der Waals surface area (Å²) in [6.07, 6.45) is 2.71. The van der Waals surface area contributed by atoms with Gasteiger partial charge in [0.15, 0.2) is 5.96 Å². The first-order valence-electron chi connectivity index (χ1n) is 26.8. The zero-order valence-corrected chi connectivity index (χ0v) is 46.7. The Labute approximate surface area is 494 Å². The summed E-state index contributed by atoms with van der Waals surface area (Å²) in [6, 6.07) is -6.71. The molecule has 11 amide bonds. The standard InChI is InChI=1S/C51H71N21O15/c52-29(8-10-38(53)73)42(78)67-37(18-41(76)77)49(85)65-30(9-11-39(54)74)43(79)69-34(15-27-20-59-23-63-27)47(83)72-36(17-40(55)75)48(84)71-35(16-28-21-60-24-64-28)46(82)68-32(13-25-5-2-1-3-6-25)44(80)70-33(14-26-19-58-22-62-26)45(81)66-31(50(86)87)7-4-12-61-51(56)57/h1-3,5-6,19-24,29-37H,4,7-18,52H2,(H2,53,73)(H2,54,74)(H2,55,75)(H,58,62)(H,59,63)(H,60,64)(H,65,85)(H,66,81)(H,67,78)(H,68,82)(H,69,79)(H,70,80)(H,71,84)(H,72,83)(H,76,77)(H,86,87)(H4,56,57,61)/t29-,30-,31-,32-,33-,34-,35-,36-,37-/m0/s1. The van der Waals surface area contributed by atoms with Crippen molar-refractivity contribution in [1.82, 2.24) is 72.4 Å². The van der Waals surface area contributed by atoms with Crippen molar-refractivity contribution in [2.45, 2.75) is 131 Å². The van der Waals surface area contributed by atoms with Gasteiger partial charge in [0, 0.05) is 80.7 Å². The van der Waals surface area contributed by atoms with Gasteiger partial charge in [0.2, 0.25) is 65.0 Å². The number of primary amides is 3. The van der Waals surface area contributed by atoms with Crippen LogP contribution in [-0.4, -0.2) is 184 Å². The summed E-state index contributed by atoms with van der Waals surface area (Å²) in [5.41, 5.74) is 33.9. The number of aromatic amines is 3. The van der Waals surface area contributed by atoms with Crippen molar-refractivity contribution in [2.24, 2.45) is 39.4 Å². The summed E-state index contributed by atoms with van der Waals surface area (Å²) < 4.78 is 0. The van der Waals surface area contributed by atoms with Gasteiger partial charge in [-0.3, -0.25) is 62.5 Å². The van der Waals surface area contributed by atoms with E-state index >= 15 is 0 Å². The zero-order chi connectivity index (χ0) is 64.2. The van der Waals surface area contributed by atoms with E-state index in [4.69, 9.17) is 34.4 Å². The van der Waals surface area contributed by atoms with Gasteiger partial charge in [-0.2, -0.15) is 0 Å². The van der Waals surface area contributed by atoms with Crippen molar-refractivity contribution in [3.05, 3.63) is 90.5 Å².